The van der Waals surface area contributed by atoms with Crippen LogP contribution in [0.15, 0.2) is 11.3 Å². The van der Waals surface area contributed by atoms with E-state index in [-0.39, 0.29) is 12.1 Å². The maximum Gasteiger partial charge on any atom is 0.508 e. The van der Waals surface area contributed by atoms with Gasteiger partial charge in [0.15, 0.2) is 6.23 Å². The Morgan fingerprint density at radius 2 is 1.79 bits per heavy atom. The number of alkyl halides is 3. The molecule has 1 aliphatic rings. The van der Waals surface area contributed by atoms with E-state index in [4.69, 9.17) is 49.0 Å². The van der Waals surface area contributed by atoms with Crippen molar-refractivity contribution in [2.24, 2.45) is 5.92 Å². The normalized spacial score (nSPS) is 19.6. The molecule has 29 heavy (non-hydrogen) atoms. The fraction of sp³-hybridized carbons (Fsp3) is 0.647. The molecule has 0 spiro atoms. The molecule has 0 N–H and O–H groups in total. The summed E-state index contributed by atoms with van der Waals surface area (Å²) < 4.78 is 17.9. The Labute approximate surface area is 183 Å². The minimum Gasteiger partial charge on any atom is -0.464 e. The van der Waals surface area contributed by atoms with Crippen LogP contribution in [-0.4, -0.2) is 58.7 Å². The zero-order valence-corrected chi connectivity index (χ0v) is 18.8. The number of likely N-dealkylation sites (tertiary alicyclic amines) is 1. The van der Waals surface area contributed by atoms with Crippen LogP contribution in [0.3, 0.4) is 0 Å². The number of allylic oxidation sites excluding steroid dienone is 1. The van der Waals surface area contributed by atoms with Crippen LogP contribution in [-0.2, 0) is 33.3 Å². The molecule has 12 heteroatoms. The Bertz CT molecular complexity index is 699. The molecule has 1 fully saturated rings. The molecule has 0 saturated carbocycles. The second-order valence-electron chi connectivity index (χ2n) is 6.29. The second kappa shape index (κ2) is 10.4. The minimum absolute atomic E-state index is 0.0359. The highest BCUT2D eigenvalue weighted by molar-refractivity contribution is 6.67. The van der Waals surface area contributed by atoms with E-state index in [1.54, 1.807) is 20.8 Å². The molecule has 0 radical (unpaired) electrons. The van der Waals surface area contributed by atoms with Gasteiger partial charge in [0.05, 0.1) is 7.11 Å². The van der Waals surface area contributed by atoms with Gasteiger partial charge in [0.1, 0.15) is 24.3 Å². The molecule has 1 aliphatic heterocycles. The molecule has 9 nitrogen and oxygen atoms in total. The predicted octanol–water partition coefficient (Wildman–Crippen LogP) is 3.10. The molecule has 1 amide bonds. The molecule has 0 aliphatic carbocycles. The molecule has 1 saturated heterocycles. The number of esters is 2. The van der Waals surface area contributed by atoms with Crippen molar-refractivity contribution in [1.29, 1.82) is 0 Å². The highest BCUT2D eigenvalue weighted by Crippen LogP contribution is 2.37. The van der Waals surface area contributed by atoms with E-state index in [1.807, 2.05) is 0 Å². The zero-order valence-electron chi connectivity index (χ0n) is 16.5. The van der Waals surface area contributed by atoms with Gasteiger partial charge in [-0.05, 0) is 26.3 Å². The number of nitrogens with zero attached hydrogens (tertiary/aromatic N) is 1. The number of ether oxygens (including phenoxy) is 4. The Balaban J connectivity index is 3.03. The van der Waals surface area contributed by atoms with Gasteiger partial charge in [-0.25, -0.2) is 9.59 Å². The fourth-order valence-electron chi connectivity index (χ4n) is 2.54. The first kappa shape index (κ1) is 25.3. The van der Waals surface area contributed by atoms with Gasteiger partial charge in [0.25, 0.3) is 0 Å². The first-order chi connectivity index (χ1) is 13.3. The monoisotopic (exact) mass is 473 g/mol. The van der Waals surface area contributed by atoms with Crippen LogP contribution in [0.4, 0.5) is 4.79 Å². The Morgan fingerprint density at radius 3 is 2.24 bits per heavy atom. The number of amides is 1. The molecule has 3 atom stereocenters. The summed E-state index contributed by atoms with van der Waals surface area (Å²) >= 11 is 16.5. The molecule has 0 aromatic carbocycles. The summed E-state index contributed by atoms with van der Waals surface area (Å²) in [6.45, 7) is 5.60. The first-order valence-corrected chi connectivity index (χ1v) is 9.65. The van der Waals surface area contributed by atoms with Crippen molar-refractivity contribution >= 4 is 58.8 Å². The molecule has 1 rings (SSSR count). The first-order valence-electron chi connectivity index (χ1n) is 8.52. The molecular weight excluding hydrogens is 453 g/mol. The Morgan fingerprint density at radius 1 is 1.21 bits per heavy atom. The van der Waals surface area contributed by atoms with Gasteiger partial charge in [-0.15, -0.1) is 0 Å². The summed E-state index contributed by atoms with van der Waals surface area (Å²) in [7, 11) is 1.16. The highest BCUT2D eigenvalue weighted by atomic mass is 35.6. The molecule has 0 bridgehead atoms. The minimum atomic E-state index is -1.83. The standard InChI is InChI=1S/C17H22Cl3NO8/c1-6-10(22)29-14-11(9(4)28-16(25)27-7-17(18,19)20)13(23)21(14)12(8(2)3)15(24)26-5/h9,11,14H,6-7H2,1-5H3/t9?,11-,14?/m1/s1. The maximum absolute atomic E-state index is 12.7. The van der Waals surface area contributed by atoms with Crippen LogP contribution in [0.25, 0.3) is 0 Å². The van der Waals surface area contributed by atoms with Crippen LogP contribution in [0.1, 0.15) is 34.1 Å². The van der Waals surface area contributed by atoms with Crippen LogP contribution >= 0.6 is 34.8 Å². The lowest BCUT2D eigenvalue weighted by Crippen LogP contribution is -2.66. The van der Waals surface area contributed by atoms with E-state index in [1.165, 1.54) is 6.92 Å². The molecular formula is C17H22Cl3NO8. The van der Waals surface area contributed by atoms with E-state index in [9.17, 15) is 19.2 Å². The van der Waals surface area contributed by atoms with Crippen molar-refractivity contribution in [2.75, 3.05) is 13.7 Å². The Kier molecular flexibility index (Phi) is 9.05. The SMILES string of the molecule is CCC(=O)OC1[C@H](C(C)OC(=O)OCC(Cl)(Cl)Cl)C(=O)N1C(C(=O)OC)=C(C)C. The molecule has 0 aromatic heterocycles. The van der Waals surface area contributed by atoms with Crippen molar-refractivity contribution in [2.45, 2.75) is 50.2 Å². The lowest BCUT2D eigenvalue weighted by molar-refractivity contribution is -0.204. The Hall–Kier alpha value is -1.71. The van der Waals surface area contributed by atoms with E-state index in [0.717, 1.165) is 12.0 Å². The number of hydrogen-bond donors (Lipinski definition) is 0. The van der Waals surface area contributed by atoms with E-state index in [2.05, 4.69) is 4.74 Å². The summed E-state index contributed by atoms with van der Waals surface area (Å²) in [6.07, 6.45) is -3.37. The fourth-order valence-corrected chi connectivity index (χ4v) is 2.70. The summed E-state index contributed by atoms with van der Waals surface area (Å²) in [6, 6.07) is 0. The van der Waals surface area contributed by atoms with Crippen molar-refractivity contribution in [3.05, 3.63) is 11.3 Å². The third-order valence-electron chi connectivity index (χ3n) is 3.86. The average Bonchev–Trinajstić information content (AvgIpc) is 2.62. The van der Waals surface area contributed by atoms with E-state index in [0.29, 0.717) is 5.57 Å². The third-order valence-corrected chi connectivity index (χ3v) is 4.19. The van der Waals surface area contributed by atoms with Crippen molar-refractivity contribution in [1.82, 2.24) is 4.90 Å². The molecule has 2 unspecified atom stereocenters. The quantitative estimate of drug-likeness (QED) is 0.182. The van der Waals surface area contributed by atoms with Gasteiger partial charge < -0.3 is 18.9 Å². The van der Waals surface area contributed by atoms with E-state index < -0.39 is 52.7 Å². The van der Waals surface area contributed by atoms with Gasteiger partial charge in [0.2, 0.25) is 9.70 Å². The van der Waals surface area contributed by atoms with Crippen molar-refractivity contribution in [3.8, 4) is 0 Å². The largest absolute Gasteiger partial charge is 0.508 e. The van der Waals surface area contributed by atoms with Crippen LogP contribution in [0.2, 0.25) is 0 Å². The topological polar surface area (TPSA) is 108 Å². The number of methoxy groups -OCH3 is 1. The number of carbonyl (C=O) groups is 4. The molecule has 164 valence electrons. The molecule has 1 heterocycles. The van der Waals surface area contributed by atoms with Gasteiger partial charge >= 0.3 is 18.1 Å². The van der Waals surface area contributed by atoms with Crippen LogP contribution < -0.4 is 0 Å². The number of β-lactam (4-membered cyclic amide) rings is 1. The summed E-state index contributed by atoms with van der Waals surface area (Å²) in [5.74, 6) is -3.04. The highest BCUT2D eigenvalue weighted by Gasteiger charge is 2.56. The van der Waals surface area contributed by atoms with Crippen LogP contribution in [0.5, 0.6) is 0 Å². The molecule has 0 aromatic rings. The number of halogens is 3. The second-order valence-corrected chi connectivity index (χ2v) is 8.80. The third kappa shape index (κ3) is 6.65. The lowest BCUT2D eigenvalue weighted by Gasteiger charge is -2.47. The van der Waals surface area contributed by atoms with Gasteiger partial charge in [-0.2, -0.15) is 0 Å². The van der Waals surface area contributed by atoms with Crippen molar-refractivity contribution < 1.29 is 38.1 Å². The predicted molar refractivity (Wildman–Crippen MR) is 103 cm³/mol. The average molecular weight is 475 g/mol. The summed E-state index contributed by atoms with van der Waals surface area (Å²) in [4.78, 5) is 49.5. The summed E-state index contributed by atoms with van der Waals surface area (Å²) in [5, 5.41) is 0. The van der Waals surface area contributed by atoms with E-state index >= 15 is 0 Å². The van der Waals surface area contributed by atoms with Crippen molar-refractivity contribution in [3.63, 3.8) is 0 Å². The number of hydrogen-bond acceptors (Lipinski definition) is 8. The zero-order chi connectivity index (χ0) is 22.5. The van der Waals surface area contributed by atoms with Gasteiger partial charge in [-0.1, -0.05) is 41.7 Å². The maximum atomic E-state index is 12.7. The van der Waals surface area contributed by atoms with Gasteiger partial charge in [0, 0.05) is 6.42 Å². The number of rotatable bonds is 7. The van der Waals surface area contributed by atoms with Crippen LogP contribution in [0, 0.1) is 5.92 Å². The smallest absolute Gasteiger partial charge is 0.464 e. The number of carbonyl (C=O) groups excluding carboxylic acids is 4. The lowest BCUT2D eigenvalue weighted by atomic mass is 9.89. The summed E-state index contributed by atoms with van der Waals surface area (Å²) in [5.41, 5.74) is 0.408. The van der Waals surface area contributed by atoms with Gasteiger partial charge in [-0.3, -0.25) is 14.5 Å².